The predicted octanol–water partition coefficient (Wildman–Crippen LogP) is 6.32. The van der Waals surface area contributed by atoms with Crippen LogP contribution in [-0.2, 0) is 5.54 Å². The molecular formula is C26H36N2OSi. The molecule has 0 bridgehead atoms. The Kier molecular flexibility index (Phi) is 7.66. The summed E-state index contributed by atoms with van der Waals surface area (Å²) in [5.74, 6) is 3.32. The van der Waals surface area contributed by atoms with E-state index in [1.54, 1.807) is 6.20 Å². The van der Waals surface area contributed by atoms with Gasteiger partial charge in [-0.15, -0.1) is 5.54 Å². The number of rotatable bonds is 6. The number of hydrogen-bond acceptors (Lipinski definition) is 2. The quantitative estimate of drug-likeness (QED) is 0.439. The monoisotopic (exact) mass is 420 g/mol. The molecule has 0 atom stereocenters. The number of carbonyl (C=O) groups excluding carboxylic acids is 1. The summed E-state index contributed by atoms with van der Waals surface area (Å²) in [5, 5.41) is 3.14. The van der Waals surface area contributed by atoms with Crippen molar-refractivity contribution >= 4 is 14.0 Å². The Bertz CT molecular complexity index is 899. The summed E-state index contributed by atoms with van der Waals surface area (Å²) in [6.45, 7) is 17.7. The van der Waals surface area contributed by atoms with E-state index in [1.807, 2.05) is 56.3 Å². The lowest BCUT2D eigenvalue weighted by Gasteiger charge is -2.38. The average Bonchev–Trinajstić information content (AvgIpc) is 2.68. The van der Waals surface area contributed by atoms with E-state index in [0.717, 1.165) is 11.3 Å². The van der Waals surface area contributed by atoms with Crippen LogP contribution >= 0.6 is 0 Å². The highest BCUT2D eigenvalue weighted by Gasteiger charge is 2.41. The third kappa shape index (κ3) is 5.02. The molecule has 1 N–H and O–H groups in total. The number of carbonyl (C=O) groups is 1. The predicted molar refractivity (Wildman–Crippen MR) is 129 cm³/mol. The standard InChI is InChI=1S/C26H36N2OSi/c1-19(2)30(20(3)4,21(5)6)18-16-22-13-9-10-14-23(22)25(29)28-26(7,8)24-15-11-12-17-27-24/h9-15,17,19-21H,1-8H3,(H,28,29). The van der Waals surface area contributed by atoms with E-state index in [4.69, 9.17) is 0 Å². The van der Waals surface area contributed by atoms with Crippen LogP contribution in [0.4, 0.5) is 0 Å². The lowest BCUT2D eigenvalue weighted by Crippen LogP contribution is -2.43. The van der Waals surface area contributed by atoms with Crippen molar-refractivity contribution in [3.8, 4) is 11.5 Å². The van der Waals surface area contributed by atoms with Crippen LogP contribution in [0.2, 0.25) is 16.6 Å². The van der Waals surface area contributed by atoms with Crippen LogP contribution in [-0.4, -0.2) is 19.0 Å². The number of benzene rings is 1. The summed E-state index contributed by atoms with van der Waals surface area (Å²) >= 11 is 0. The highest BCUT2D eigenvalue weighted by Crippen LogP contribution is 2.40. The molecule has 4 heteroatoms. The molecule has 0 spiro atoms. The van der Waals surface area contributed by atoms with Gasteiger partial charge in [-0.3, -0.25) is 9.78 Å². The molecule has 0 saturated heterocycles. The molecule has 160 valence electrons. The first kappa shape index (κ1) is 23.9. The molecule has 0 aliphatic carbocycles. The van der Waals surface area contributed by atoms with Gasteiger partial charge in [-0.1, -0.05) is 65.7 Å². The van der Waals surface area contributed by atoms with Gasteiger partial charge in [0, 0.05) is 11.8 Å². The van der Waals surface area contributed by atoms with Gasteiger partial charge in [-0.05, 0) is 54.7 Å². The number of nitrogens with zero attached hydrogens (tertiary/aromatic N) is 1. The summed E-state index contributed by atoms with van der Waals surface area (Å²) in [7, 11) is -1.87. The van der Waals surface area contributed by atoms with Crippen LogP contribution in [0, 0.1) is 11.5 Å². The van der Waals surface area contributed by atoms with Crippen molar-refractivity contribution < 1.29 is 4.79 Å². The molecule has 2 aromatic rings. The van der Waals surface area contributed by atoms with Crippen molar-refractivity contribution in [1.29, 1.82) is 0 Å². The Morgan fingerprint density at radius 1 is 0.933 bits per heavy atom. The third-order valence-corrected chi connectivity index (χ3v) is 12.5. The van der Waals surface area contributed by atoms with E-state index in [9.17, 15) is 4.79 Å². The first-order valence-corrected chi connectivity index (χ1v) is 13.1. The maximum Gasteiger partial charge on any atom is 0.253 e. The molecule has 1 aromatic heterocycles. The highest BCUT2D eigenvalue weighted by molar-refractivity contribution is 6.90. The van der Waals surface area contributed by atoms with E-state index >= 15 is 0 Å². The minimum atomic E-state index is -1.87. The van der Waals surface area contributed by atoms with Crippen molar-refractivity contribution in [2.24, 2.45) is 0 Å². The van der Waals surface area contributed by atoms with Gasteiger partial charge in [0.1, 0.15) is 8.07 Å². The molecule has 30 heavy (non-hydrogen) atoms. The van der Waals surface area contributed by atoms with Crippen LogP contribution in [0.15, 0.2) is 48.7 Å². The summed E-state index contributed by atoms with van der Waals surface area (Å²) in [6, 6.07) is 13.4. The molecule has 0 aliphatic heterocycles. The average molecular weight is 421 g/mol. The fraction of sp³-hybridized carbons (Fsp3) is 0.462. The first-order valence-electron chi connectivity index (χ1n) is 10.9. The first-order chi connectivity index (χ1) is 14.0. The Morgan fingerprint density at radius 2 is 1.50 bits per heavy atom. The molecule has 0 saturated carbocycles. The van der Waals surface area contributed by atoms with Gasteiger partial charge in [0.2, 0.25) is 0 Å². The van der Waals surface area contributed by atoms with Crippen LogP contribution in [0.3, 0.4) is 0 Å². The van der Waals surface area contributed by atoms with Gasteiger partial charge in [0.15, 0.2) is 0 Å². The highest BCUT2D eigenvalue weighted by atomic mass is 28.3. The second kappa shape index (κ2) is 9.62. The zero-order chi connectivity index (χ0) is 22.5. The van der Waals surface area contributed by atoms with Crippen LogP contribution in [0.5, 0.6) is 0 Å². The van der Waals surface area contributed by atoms with Gasteiger partial charge in [-0.25, -0.2) is 0 Å². The molecule has 0 fully saturated rings. The van der Waals surface area contributed by atoms with E-state index in [0.29, 0.717) is 22.2 Å². The van der Waals surface area contributed by atoms with Crippen molar-refractivity contribution in [3.05, 3.63) is 65.5 Å². The number of pyridine rings is 1. The Balaban J connectivity index is 2.42. The van der Waals surface area contributed by atoms with Crippen molar-refractivity contribution in [1.82, 2.24) is 10.3 Å². The van der Waals surface area contributed by atoms with Gasteiger partial charge in [0.25, 0.3) is 5.91 Å². The zero-order valence-electron chi connectivity index (χ0n) is 19.7. The molecule has 0 radical (unpaired) electrons. The Morgan fingerprint density at radius 3 is 2.03 bits per heavy atom. The lowest BCUT2D eigenvalue weighted by molar-refractivity contribution is 0.0910. The maximum absolute atomic E-state index is 13.2. The third-order valence-electron chi connectivity index (χ3n) is 6.18. The number of aromatic nitrogens is 1. The zero-order valence-corrected chi connectivity index (χ0v) is 20.7. The molecule has 0 aliphatic rings. The molecule has 2 rings (SSSR count). The summed E-state index contributed by atoms with van der Waals surface area (Å²) in [4.78, 5) is 17.6. The largest absolute Gasteiger partial charge is 0.341 e. The summed E-state index contributed by atoms with van der Waals surface area (Å²) in [6.07, 6.45) is 1.75. The van der Waals surface area contributed by atoms with Crippen LogP contribution < -0.4 is 5.32 Å². The number of hydrogen-bond donors (Lipinski definition) is 1. The maximum atomic E-state index is 13.2. The molecule has 1 aromatic carbocycles. The molecule has 1 heterocycles. The molecular weight excluding hydrogens is 384 g/mol. The van der Waals surface area contributed by atoms with Crippen molar-refractivity contribution in [2.45, 2.75) is 77.6 Å². The number of nitrogens with one attached hydrogen (secondary N) is 1. The molecule has 1 amide bonds. The number of amides is 1. The van der Waals surface area contributed by atoms with Crippen LogP contribution in [0.25, 0.3) is 0 Å². The fourth-order valence-corrected chi connectivity index (χ4v) is 9.76. The fourth-order valence-electron chi connectivity index (χ4n) is 4.55. The van der Waals surface area contributed by atoms with Gasteiger partial charge in [0.05, 0.1) is 16.8 Å². The summed E-state index contributed by atoms with van der Waals surface area (Å²) < 4.78 is 0. The van der Waals surface area contributed by atoms with E-state index in [2.05, 4.69) is 63.3 Å². The second-order valence-electron chi connectivity index (χ2n) is 9.49. The van der Waals surface area contributed by atoms with Gasteiger partial charge < -0.3 is 5.32 Å². The van der Waals surface area contributed by atoms with Crippen molar-refractivity contribution in [2.75, 3.05) is 0 Å². The Hall–Kier alpha value is -2.38. The van der Waals surface area contributed by atoms with Crippen molar-refractivity contribution in [3.63, 3.8) is 0 Å². The topological polar surface area (TPSA) is 42.0 Å². The van der Waals surface area contributed by atoms with E-state index in [-0.39, 0.29) is 5.91 Å². The van der Waals surface area contributed by atoms with E-state index < -0.39 is 13.6 Å². The smallest absolute Gasteiger partial charge is 0.253 e. The molecule has 3 nitrogen and oxygen atoms in total. The minimum Gasteiger partial charge on any atom is -0.341 e. The van der Waals surface area contributed by atoms with E-state index in [1.165, 1.54) is 0 Å². The summed E-state index contributed by atoms with van der Waals surface area (Å²) in [5.41, 5.74) is 7.05. The Labute approximate surface area is 183 Å². The van der Waals surface area contributed by atoms with Gasteiger partial charge >= 0.3 is 0 Å². The molecule has 0 unspecified atom stereocenters. The second-order valence-corrected chi connectivity index (χ2v) is 15.1. The SMILES string of the molecule is CC(C)[Si](C#Cc1ccccc1C(=O)NC(C)(C)c1ccccn1)(C(C)C)C(C)C. The minimum absolute atomic E-state index is 0.124. The lowest BCUT2D eigenvalue weighted by atomic mass is 9.98. The normalized spacial score (nSPS) is 12.1. The van der Waals surface area contributed by atoms with Gasteiger partial charge in [-0.2, -0.15) is 0 Å². The van der Waals surface area contributed by atoms with Crippen LogP contribution in [0.1, 0.15) is 77.0 Å².